The van der Waals surface area contributed by atoms with Gasteiger partial charge in [-0.25, -0.2) is 0 Å². The van der Waals surface area contributed by atoms with Crippen LogP contribution in [0.1, 0.15) is 20.8 Å². The molecule has 0 aromatic rings. The van der Waals surface area contributed by atoms with Crippen molar-refractivity contribution >= 4 is 12.8 Å². The van der Waals surface area contributed by atoms with Crippen molar-refractivity contribution in [2.24, 2.45) is 5.92 Å². The van der Waals surface area contributed by atoms with Crippen molar-refractivity contribution in [1.82, 2.24) is 9.80 Å². The van der Waals surface area contributed by atoms with Crippen LogP contribution in [0.2, 0.25) is 0 Å². The van der Waals surface area contributed by atoms with E-state index in [-0.39, 0.29) is 18.6 Å². The van der Waals surface area contributed by atoms with Crippen molar-refractivity contribution in [3.05, 3.63) is 5.32 Å². The van der Waals surface area contributed by atoms with Gasteiger partial charge in [-0.1, -0.05) is 20.8 Å². The van der Waals surface area contributed by atoms with E-state index in [9.17, 15) is 9.59 Å². The van der Waals surface area contributed by atoms with Crippen molar-refractivity contribution in [2.75, 3.05) is 52.5 Å². The molecule has 0 spiro atoms. The third kappa shape index (κ3) is 15.7. The van der Waals surface area contributed by atoms with Gasteiger partial charge in [-0.3, -0.25) is 9.69 Å². The van der Waals surface area contributed by atoms with Gasteiger partial charge >= 0.3 is 0 Å². The van der Waals surface area contributed by atoms with Gasteiger partial charge in [0, 0.05) is 64.3 Å². The van der Waals surface area contributed by atoms with Crippen molar-refractivity contribution in [2.45, 2.75) is 20.8 Å². The van der Waals surface area contributed by atoms with E-state index < -0.39 is 0 Å². The van der Waals surface area contributed by atoms with Crippen LogP contribution >= 0.6 is 0 Å². The molecular weight excluding hydrogens is 309 g/mol. The fourth-order valence-corrected chi connectivity index (χ4v) is 1.56. The van der Waals surface area contributed by atoms with Gasteiger partial charge < -0.3 is 19.7 Å². The molecule has 0 aliphatic carbocycles. The first kappa shape index (κ1) is 22.7. The van der Waals surface area contributed by atoms with Crippen molar-refractivity contribution in [3.63, 3.8) is 0 Å². The summed E-state index contributed by atoms with van der Waals surface area (Å²) in [5.74, 6) is 0.833. The molecule has 0 atom stereocenters. The van der Waals surface area contributed by atoms with Crippen LogP contribution in [0.4, 0.5) is 0 Å². The summed E-state index contributed by atoms with van der Waals surface area (Å²) in [6.45, 7) is 12.3. The maximum absolute atomic E-state index is 10.5. The molecule has 0 aromatic heterocycles. The molecular formula is C14H28N3O3V-. The SMILES string of the molecule is CC(C)C.O=C[N-]CCOCCN1CCN(C=O)CC1.[V]. The van der Waals surface area contributed by atoms with Crippen LogP contribution in [-0.4, -0.2) is 75.1 Å². The molecule has 1 fully saturated rings. The second kappa shape index (κ2) is 15.8. The molecule has 1 aliphatic heterocycles. The topological polar surface area (TPSA) is 64.0 Å². The number of hydrogen-bond acceptors (Lipinski definition) is 4. The Labute approximate surface area is 140 Å². The predicted octanol–water partition coefficient (Wildman–Crippen LogP) is 0.967. The second-order valence-corrected chi connectivity index (χ2v) is 5.34. The van der Waals surface area contributed by atoms with Gasteiger partial charge in [-0.15, -0.1) is 6.54 Å². The van der Waals surface area contributed by atoms with Crippen LogP contribution < -0.4 is 0 Å². The number of nitrogens with zero attached hydrogens (tertiary/aromatic N) is 3. The molecule has 21 heavy (non-hydrogen) atoms. The third-order valence-electron chi connectivity index (χ3n) is 2.55. The van der Waals surface area contributed by atoms with Gasteiger partial charge in [0.2, 0.25) is 6.41 Å². The summed E-state index contributed by atoms with van der Waals surface area (Å²) < 4.78 is 5.31. The fraction of sp³-hybridized carbons (Fsp3) is 0.857. The minimum absolute atomic E-state index is 0. The van der Waals surface area contributed by atoms with Crippen LogP contribution in [0.25, 0.3) is 5.32 Å². The van der Waals surface area contributed by atoms with Crippen molar-refractivity contribution in [3.8, 4) is 0 Å². The number of hydrogen-bond donors (Lipinski definition) is 0. The van der Waals surface area contributed by atoms with E-state index in [2.05, 4.69) is 31.0 Å². The van der Waals surface area contributed by atoms with Crippen LogP contribution in [-0.2, 0) is 32.9 Å². The molecule has 1 radical (unpaired) electrons. The van der Waals surface area contributed by atoms with E-state index in [1.807, 2.05) is 0 Å². The molecule has 1 aliphatic rings. The molecule has 0 saturated carbocycles. The van der Waals surface area contributed by atoms with E-state index in [1.165, 1.54) is 0 Å². The van der Waals surface area contributed by atoms with Gasteiger partial charge in [0.1, 0.15) is 0 Å². The largest absolute Gasteiger partial charge is 0.654 e. The molecule has 0 N–H and O–H groups in total. The van der Waals surface area contributed by atoms with E-state index in [0.717, 1.165) is 45.1 Å². The Bertz CT molecular complexity index is 245. The molecule has 0 bridgehead atoms. The smallest absolute Gasteiger partial charge is 0.209 e. The Morgan fingerprint density at radius 2 is 1.67 bits per heavy atom. The second-order valence-electron chi connectivity index (χ2n) is 5.34. The first-order valence-corrected chi connectivity index (χ1v) is 7.19. The summed E-state index contributed by atoms with van der Waals surface area (Å²) >= 11 is 0. The van der Waals surface area contributed by atoms with Gasteiger partial charge in [0.15, 0.2) is 0 Å². The molecule has 123 valence electrons. The van der Waals surface area contributed by atoms with E-state index in [4.69, 9.17) is 4.74 Å². The summed E-state index contributed by atoms with van der Waals surface area (Å²) in [4.78, 5) is 24.4. The van der Waals surface area contributed by atoms with Gasteiger partial charge in [-0.05, 0) is 5.92 Å². The van der Waals surface area contributed by atoms with Crippen molar-refractivity contribution in [1.29, 1.82) is 0 Å². The van der Waals surface area contributed by atoms with E-state index in [0.29, 0.717) is 26.2 Å². The summed E-state index contributed by atoms with van der Waals surface area (Å²) in [6, 6.07) is 0. The monoisotopic (exact) mass is 337 g/mol. The maximum atomic E-state index is 10.5. The van der Waals surface area contributed by atoms with Gasteiger partial charge in [0.05, 0.1) is 6.61 Å². The molecule has 6 nitrogen and oxygen atoms in total. The standard InChI is InChI=1S/C10H19N3O3.C4H10.V/c14-9-11-1-7-16-8-6-12-2-4-13(10-15)5-3-12;1-4(2)3;/h9-10H,1-8H2,(H,11,14);4H,1-3H3;/p-1. The average Bonchev–Trinajstić information content (AvgIpc) is 2.43. The number of rotatable bonds is 8. The first-order chi connectivity index (χ1) is 9.60. The zero-order chi connectivity index (χ0) is 15.2. The van der Waals surface area contributed by atoms with Gasteiger partial charge in [0.25, 0.3) is 0 Å². The zero-order valence-electron chi connectivity index (χ0n) is 13.4. The Morgan fingerprint density at radius 1 is 1.10 bits per heavy atom. The van der Waals surface area contributed by atoms with E-state index >= 15 is 0 Å². The summed E-state index contributed by atoms with van der Waals surface area (Å²) in [5, 5.41) is 3.51. The maximum Gasteiger partial charge on any atom is 0.209 e. The molecule has 1 heterocycles. The molecule has 2 amide bonds. The minimum atomic E-state index is 0. The van der Waals surface area contributed by atoms with Crippen LogP contribution in [0.5, 0.6) is 0 Å². The van der Waals surface area contributed by atoms with Crippen molar-refractivity contribution < 1.29 is 32.9 Å². The van der Waals surface area contributed by atoms with Crippen LogP contribution in [0.15, 0.2) is 0 Å². The summed E-state index contributed by atoms with van der Waals surface area (Å²) in [7, 11) is 0. The number of carbonyl (C=O) groups excluding carboxylic acids is 2. The first-order valence-electron chi connectivity index (χ1n) is 7.19. The number of carbonyl (C=O) groups is 2. The van der Waals surface area contributed by atoms with Crippen LogP contribution in [0.3, 0.4) is 0 Å². The number of ether oxygens (including phenoxy) is 1. The quantitative estimate of drug-likeness (QED) is 0.489. The molecule has 1 rings (SSSR count). The van der Waals surface area contributed by atoms with Crippen LogP contribution in [0, 0.1) is 5.92 Å². The Morgan fingerprint density at radius 3 is 2.14 bits per heavy atom. The van der Waals surface area contributed by atoms with Gasteiger partial charge in [-0.2, -0.15) is 0 Å². The molecule has 1 saturated heterocycles. The number of piperazine rings is 1. The number of amides is 2. The zero-order valence-corrected chi connectivity index (χ0v) is 14.8. The Hall–Kier alpha value is -0.556. The fourth-order valence-electron chi connectivity index (χ4n) is 1.56. The molecule has 0 unspecified atom stereocenters. The summed E-state index contributed by atoms with van der Waals surface area (Å²) in [5.41, 5.74) is 0. The molecule has 7 heteroatoms. The minimum Gasteiger partial charge on any atom is -0.654 e. The summed E-state index contributed by atoms with van der Waals surface area (Å²) in [6.07, 6.45) is 1.44. The average molecular weight is 337 g/mol. The predicted molar refractivity (Wildman–Crippen MR) is 79.7 cm³/mol. The Kier molecular flexibility index (Phi) is 17.1. The third-order valence-corrected chi connectivity index (χ3v) is 2.55. The van der Waals surface area contributed by atoms with E-state index in [1.54, 1.807) is 4.90 Å². The normalized spacial score (nSPS) is 14.8. The molecule has 0 aromatic carbocycles. The Balaban J connectivity index is 0.